The second-order valence-electron chi connectivity index (χ2n) is 3.96. The van der Waals surface area contributed by atoms with Gasteiger partial charge in [0.25, 0.3) is 5.91 Å². The van der Waals surface area contributed by atoms with Crippen LogP contribution in [0.5, 0.6) is 0 Å². The molecule has 0 heterocycles. The molecular formula is C13H11BFNO3. The zero-order valence-corrected chi connectivity index (χ0v) is 9.88. The second-order valence-corrected chi connectivity index (χ2v) is 3.96. The first-order valence-corrected chi connectivity index (χ1v) is 5.59. The van der Waals surface area contributed by atoms with Crippen LogP contribution < -0.4 is 10.8 Å². The Balaban J connectivity index is 2.17. The maximum atomic E-state index is 13.0. The zero-order valence-electron chi connectivity index (χ0n) is 9.88. The van der Waals surface area contributed by atoms with Crippen molar-refractivity contribution in [2.24, 2.45) is 0 Å². The lowest BCUT2D eigenvalue weighted by Gasteiger charge is -2.07. The van der Waals surface area contributed by atoms with Crippen LogP contribution in [0.3, 0.4) is 0 Å². The van der Waals surface area contributed by atoms with Crippen molar-refractivity contribution in [3.63, 3.8) is 0 Å². The molecule has 0 unspecified atom stereocenters. The summed E-state index contributed by atoms with van der Waals surface area (Å²) < 4.78 is 13.0. The van der Waals surface area contributed by atoms with Crippen LogP contribution >= 0.6 is 0 Å². The minimum atomic E-state index is -1.61. The summed E-state index contributed by atoms with van der Waals surface area (Å²) in [7, 11) is -1.61. The number of carbonyl (C=O) groups is 1. The monoisotopic (exact) mass is 259 g/mol. The smallest absolute Gasteiger partial charge is 0.423 e. The molecule has 4 nitrogen and oxygen atoms in total. The van der Waals surface area contributed by atoms with Gasteiger partial charge in [0, 0.05) is 11.3 Å². The maximum absolute atomic E-state index is 13.0. The molecule has 2 aromatic carbocycles. The summed E-state index contributed by atoms with van der Waals surface area (Å²) in [6, 6.07) is 11.4. The van der Waals surface area contributed by atoms with E-state index in [1.165, 1.54) is 30.3 Å². The van der Waals surface area contributed by atoms with Gasteiger partial charge in [0.2, 0.25) is 0 Å². The van der Waals surface area contributed by atoms with Gasteiger partial charge in [-0.1, -0.05) is 18.2 Å². The van der Waals surface area contributed by atoms with Gasteiger partial charge in [-0.15, -0.1) is 0 Å². The Labute approximate surface area is 109 Å². The highest BCUT2D eigenvalue weighted by Gasteiger charge is 2.12. The number of halogens is 1. The number of hydrogen-bond donors (Lipinski definition) is 3. The van der Waals surface area contributed by atoms with Gasteiger partial charge in [-0.25, -0.2) is 4.39 Å². The normalized spacial score (nSPS) is 10.1. The molecule has 0 aliphatic carbocycles. The van der Waals surface area contributed by atoms with E-state index in [2.05, 4.69) is 5.32 Å². The fraction of sp³-hybridized carbons (Fsp3) is 0. The van der Waals surface area contributed by atoms with Crippen molar-refractivity contribution in [2.45, 2.75) is 0 Å². The quantitative estimate of drug-likeness (QED) is 0.712. The van der Waals surface area contributed by atoms with Gasteiger partial charge in [-0.2, -0.15) is 0 Å². The standard InChI is InChI=1S/C13H11BFNO3/c15-11-5-1-3-9(7-11)13(17)16-12-6-2-4-10(8-12)14(18)19/h1-8,18-19H,(H,16,17). The first-order valence-electron chi connectivity index (χ1n) is 5.59. The van der Waals surface area contributed by atoms with Crippen molar-refractivity contribution >= 4 is 24.2 Å². The van der Waals surface area contributed by atoms with E-state index in [1.807, 2.05) is 0 Å². The molecule has 0 spiro atoms. The number of rotatable bonds is 3. The predicted octanol–water partition coefficient (Wildman–Crippen LogP) is 0.758. The Kier molecular flexibility index (Phi) is 3.94. The number of hydrogen-bond acceptors (Lipinski definition) is 3. The van der Waals surface area contributed by atoms with E-state index in [0.29, 0.717) is 5.69 Å². The average molecular weight is 259 g/mol. The zero-order chi connectivity index (χ0) is 13.8. The molecule has 96 valence electrons. The molecule has 0 fully saturated rings. The average Bonchev–Trinajstić information content (AvgIpc) is 2.39. The maximum Gasteiger partial charge on any atom is 0.488 e. The van der Waals surface area contributed by atoms with Crippen LogP contribution in [0, 0.1) is 5.82 Å². The molecule has 0 radical (unpaired) electrons. The van der Waals surface area contributed by atoms with Crippen molar-refractivity contribution in [2.75, 3.05) is 5.32 Å². The van der Waals surface area contributed by atoms with Crippen LogP contribution in [0.1, 0.15) is 10.4 Å². The van der Waals surface area contributed by atoms with E-state index in [0.717, 1.165) is 6.07 Å². The molecule has 0 aliphatic rings. The first-order chi connectivity index (χ1) is 9.06. The summed E-state index contributed by atoms with van der Waals surface area (Å²) in [5.41, 5.74) is 0.854. The van der Waals surface area contributed by atoms with Crippen molar-refractivity contribution in [1.82, 2.24) is 0 Å². The fourth-order valence-corrected chi connectivity index (χ4v) is 1.61. The van der Waals surface area contributed by atoms with E-state index < -0.39 is 18.8 Å². The molecule has 0 aliphatic heterocycles. The lowest BCUT2D eigenvalue weighted by atomic mass is 9.80. The molecule has 0 atom stereocenters. The van der Waals surface area contributed by atoms with Crippen LogP contribution in [0.4, 0.5) is 10.1 Å². The van der Waals surface area contributed by atoms with E-state index in [-0.39, 0.29) is 11.0 Å². The minimum Gasteiger partial charge on any atom is -0.423 e. The highest BCUT2D eigenvalue weighted by Crippen LogP contribution is 2.09. The summed E-state index contributed by atoms with van der Waals surface area (Å²) in [5, 5.41) is 20.6. The van der Waals surface area contributed by atoms with E-state index in [9.17, 15) is 9.18 Å². The number of carbonyl (C=O) groups excluding carboxylic acids is 1. The molecule has 0 aromatic heterocycles. The summed E-state index contributed by atoms with van der Waals surface area (Å²) >= 11 is 0. The number of benzene rings is 2. The molecular weight excluding hydrogens is 248 g/mol. The molecule has 1 amide bonds. The molecule has 2 aromatic rings. The fourth-order valence-electron chi connectivity index (χ4n) is 1.61. The predicted molar refractivity (Wildman–Crippen MR) is 70.6 cm³/mol. The summed E-state index contributed by atoms with van der Waals surface area (Å²) in [5.74, 6) is -0.962. The van der Waals surface area contributed by atoms with Crippen LogP contribution in [-0.4, -0.2) is 23.1 Å². The minimum absolute atomic E-state index is 0.190. The van der Waals surface area contributed by atoms with Gasteiger partial charge in [0.05, 0.1) is 0 Å². The molecule has 0 saturated heterocycles. The van der Waals surface area contributed by atoms with Crippen LogP contribution in [0.25, 0.3) is 0 Å². The molecule has 19 heavy (non-hydrogen) atoms. The third kappa shape index (κ3) is 3.40. The van der Waals surface area contributed by atoms with Crippen molar-refractivity contribution in [3.05, 3.63) is 59.9 Å². The lowest BCUT2D eigenvalue weighted by Crippen LogP contribution is -2.30. The van der Waals surface area contributed by atoms with Gasteiger partial charge in [-0.3, -0.25) is 4.79 Å². The Bertz CT molecular complexity index is 604. The Hall–Kier alpha value is -2.18. The van der Waals surface area contributed by atoms with Gasteiger partial charge >= 0.3 is 7.12 Å². The van der Waals surface area contributed by atoms with Crippen molar-refractivity contribution < 1.29 is 19.2 Å². The summed E-state index contributed by atoms with van der Waals surface area (Å²) in [6.45, 7) is 0. The van der Waals surface area contributed by atoms with Crippen molar-refractivity contribution in [1.29, 1.82) is 0 Å². The molecule has 3 N–H and O–H groups in total. The lowest BCUT2D eigenvalue weighted by molar-refractivity contribution is 0.102. The Morgan fingerprint density at radius 1 is 1.11 bits per heavy atom. The highest BCUT2D eigenvalue weighted by molar-refractivity contribution is 6.58. The largest absolute Gasteiger partial charge is 0.488 e. The molecule has 2 rings (SSSR count). The van der Waals surface area contributed by atoms with E-state index in [1.54, 1.807) is 12.1 Å². The molecule has 0 saturated carbocycles. The third-order valence-corrected chi connectivity index (χ3v) is 2.53. The van der Waals surface area contributed by atoms with E-state index >= 15 is 0 Å². The second kappa shape index (κ2) is 5.64. The van der Waals surface area contributed by atoms with Gasteiger partial charge in [0.1, 0.15) is 5.82 Å². The Morgan fingerprint density at radius 2 is 1.84 bits per heavy atom. The SMILES string of the molecule is O=C(Nc1cccc(B(O)O)c1)c1cccc(F)c1. The van der Waals surface area contributed by atoms with Gasteiger partial charge in [0.15, 0.2) is 0 Å². The molecule has 6 heteroatoms. The number of amides is 1. The Morgan fingerprint density at radius 3 is 2.53 bits per heavy atom. The highest BCUT2D eigenvalue weighted by atomic mass is 19.1. The van der Waals surface area contributed by atoms with Gasteiger partial charge in [-0.05, 0) is 35.8 Å². The van der Waals surface area contributed by atoms with Crippen LogP contribution in [0.2, 0.25) is 0 Å². The van der Waals surface area contributed by atoms with Crippen LogP contribution in [0.15, 0.2) is 48.5 Å². The molecule has 0 bridgehead atoms. The number of anilines is 1. The van der Waals surface area contributed by atoms with Crippen LogP contribution in [-0.2, 0) is 0 Å². The topological polar surface area (TPSA) is 69.6 Å². The van der Waals surface area contributed by atoms with E-state index in [4.69, 9.17) is 10.0 Å². The number of nitrogens with one attached hydrogen (secondary N) is 1. The van der Waals surface area contributed by atoms with Crippen molar-refractivity contribution in [3.8, 4) is 0 Å². The first kappa shape index (κ1) is 13.3. The summed E-state index contributed by atoms with van der Waals surface area (Å²) in [6.07, 6.45) is 0. The summed E-state index contributed by atoms with van der Waals surface area (Å²) in [4.78, 5) is 11.8. The third-order valence-electron chi connectivity index (χ3n) is 2.53. The van der Waals surface area contributed by atoms with Gasteiger partial charge < -0.3 is 15.4 Å².